The molecule has 0 spiro atoms. The molecule has 0 aliphatic heterocycles. The minimum absolute atomic E-state index is 0. The first-order chi connectivity index (χ1) is 6.45. The maximum absolute atomic E-state index is 3.20. The van der Waals surface area contributed by atoms with Crippen molar-refractivity contribution in [3.8, 4) is 0 Å². The van der Waals surface area contributed by atoms with Crippen LogP contribution < -0.4 is 0 Å². The van der Waals surface area contributed by atoms with Gasteiger partial charge in [-0.15, -0.1) is 0 Å². The average Bonchev–Trinajstić information content (AvgIpc) is 2.21. The summed E-state index contributed by atoms with van der Waals surface area (Å²) < 4.78 is 0. The third-order valence-electron chi connectivity index (χ3n) is 1.93. The fourth-order valence-corrected chi connectivity index (χ4v) is 1.29. The topological polar surface area (TPSA) is 0 Å². The van der Waals surface area contributed by atoms with E-state index in [-0.39, 0.29) is 18.6 Å². The van der Waals surface area contributed by atoms with Gasteiger partial charge in [-0.05, 0) is 6.42 Å². The Labute approximate surface area is 96.9 Å². The Bertz CT molecular complexity index is 316. The van der Waals surface area contributed by atoms with E-state index in [2.05, 4.69) is 24.3 Å². The Morgan fingerprint density at radius 1 is 0.786 bits per heavy atom. The summed E-state index contributed by atoms with van der Waals surface area (Å²) in [7, 11) is 0. The maximum atomic E-state index is 3.20. The minimum atomic E-state index is 0. The van der Waals surface area contributed by atoms with Crippen LogP contribution in [-0.2, 0) is 25.0 Å². The van der Waals surface area contributed by atoms with Crippen LogP contribution in [0.15, 0.2) is 48.5 Å². The fourth-order valence-electron chi connectivity index (χ4n) is 1.29. The van der Waals surface area contributed by atoms with Crippen molar-refractivity contribution in [2.24, 2.45) is 0 Å². The van der Waals surface area contributed by atoms with Crippen LogP contribution in [0.25, 0.3) is 0 Å². The summed E-state index contributed by atoms with van der Waals surface area (Å²) in [6, 6.07) is 22.5. The van der Waals surface area contributed by atoms with Gasteiger partial charge in [0.15, 0.2) is 0 Å². The van der Waals surface area contributed by atoms with Gasteiger partial charge in [0.05, 0.1) is 0 Å². The van der Waals surface area contributed by atoms with Crippen LogP contribution in [0.4, 0.5) is 0 Å². The van der Waals surface area contributed by atoms with Gasteiger partial charge < -0.3 is 0 Å². The standard InChI is InChI=1S/C13H10.V/c1-3-7-12(8-4-1)11-13-9-5-2-6-10-13;/h1-7,9H,11H2;/q-2;+2. The molecule has 0 aromatic heterocycles. The molecule has 0 N–H and O–H groups in total. The molecule has 0 unspecified atom stereocenters. The van der Waals surface area contributed by atoms with E-state index in [1.54, 1.807) is 0 Å². The van der Waals surface area contributed by atoms with Gasteiger partial charge in [-0.1, -0.05) is 0 Å². The van der Waals surface area contributed by atoms with Gasteiger partial charge in [0.2, 0.25) is 0 Å². The molecular formula is C13H10V. The molecule has 2 rings (SSSR count). The van der Waals surface area contributed by atoms with Gasteiger partial charge in [0.1, 0.15) is 0 Å². The Kier molecular flexibility index (Phi) is 4.51. The number of benzene rings is 2. The zero-order valence-electron chi connectivity index (χ0n) is 7.77. The normalized spacial score (nSPS) is 9.14. The fraction of sp³-hybridized carbons (Fsp3) is 0.0769. The van der Waals surface area contributed by atoms with E-state index in [1.165, 1.54) is 11.1 Å². The smallest absolute Gasteiger partial charge is 0.180 e. The Morgan fingerprint density at radius 3 is 1.64 bits per heavy atom. The van der Waals surface area contributed by atoms with Gasteiger partial charge in [-0.2, -0.15) is 71.8 Å². The second-order valence-electron chi connectivity index (χ2n) is 2.95. The quantitative estimate of drug-likeness (QED) is 0.678. The Morgan fingerprint density at radius 2 is 1.29 bits per heavy atom. The van der Waals surface area contributed by atoms with Crippen LogP contribution in [0.2, 0.25) is 0 Å². The summed E-state index contributed by atoms with van der Waals surface area (Å²) in [6.07, 6.45) is 0.918. The first-order valence-electron chi connectivity index (χ1n) is 4.36. The van der Waals surface area contributed by atoms with Crippen LogP contribution in [0.1, 0.15) is 11.1 Å². The van der Waals surface area contributed by atoms with E-state index >= 15 is 0 Å². The van der Waals surface area contributed by atoms with E-state index in [0.29, 0.717) is 0 Å². The zero-order valence-corrected chi connectivity index (χ0v) is 9.17. The molecular weight excluding hydrogens is 207 g/mol. The van der Waals surface area contributed by atoms with Crippen molar-refractivity contribution in [3.05, 3.63) is 71.8 Å². The van der Waals surface area contributed by atoms with Crippen molar-refractivity contribution in [3.63, 3.8) is 0 Å². The molecule has 0 amide bonds. The first-order valence-corrected chi connectivity index (χ1v) is 4.36. The van der Waals surface area contributed by atoms with Crippen molar-refractivity contribution in [2.45, 2.75) is 6.42 Å². The van der Waals surface area contributed by atoms with Crippen molar-refractivity contribution in [1.82, 2.24) is 0 Å². The van der Waals surface area contributed by atoms with Crippen LogP contribution in [-0.4, -0.2) is 0 Å². The van der Waals surface area contributed by atoms with Crippen LogP contribution in [0, 0.1) is 12.1 Å². The molecule has 14 heavy (non-hydrogen) atoms. The van der Waals surface area contributed by atoms with E-state index in [0.717, 1.165) is 6.42 Å². The van der Waals surface area contributed by atoms with E-state index < -0.39 is 0 Å². The van der Waals surface area contributed by atoms with Crippen LogP contribution in [0.3, 0.4) is 0 Å². The summed E-state index contributed by atoms with van der Waals surface area (Å²) in [5.74, 6) is 0. The minimum Gasteiger partial charge on any atom is -0.180 e. The third kappa shape index (κ3) is 3.06. The second-order valence-corrected chi connectivity index (χ2v) is 2.95. The van der Waals surface area contributed by atoms with Crippen LogP contribution in [0.5, 0.6) is 0 Å². The summed E-state index contributed by atoms with van der Waals surface area (Å²) in [6.45, 7) is 0. The molecule has 2 aromatic rings. The third-order valence-corrected chi connectivity index (χ3v) is 1.93. The van der Waals surface area contributed by atoms with E-state index in [9.17, 15) is 0 Å². The van der Waals surface area contributed by atoms with Crippen molar-refractivity contribution in [2.75, 3.05) is 0 Å². The molecule has 0 bridgehead atoms. The van der Waals surface area contributed by atoms with Gasteiger partial charge in [-0.25, -0.2) is 0 Å². The second kappa shape index (κ2) is 5.69. The molecule has 0 heterocycles. The Hall–Kier alpha value is -0.976. The van der Waals surface area contributed by atoms with Gasteiger partial charge >= 0.3 is 18.6 Å². The molecule has 0 saturated heterocycles. The molecule has 2 aromatic carbocycles. The Balaban J connectivity index is 0.000000980. The molecule has 0 atom stereocenters. The largest absolute Gasteiger partial charge is 2.00 e. The van der Waals surface area contributed by atoms with Gasteiger partial charge in [0, 0.05) is 0 Å². The summed E-state index contributed by atoms with van der Waals surface area (Å²) in [4.78, 5) is 0. The summed E-state index contributed by atoms with van der Waals surface area (Å²) >= 11 is 0. The molecule has 0 saturated carbocycles. The van der Waals surface area contributed by atoms with Crippen molar-refractivity contribution in [1.29, 1.82) is 0 Å². The molecule has 0 aliphatic carbocycles. The number of hydrogen-bond donors (Lipinski definition) is 0. The average molecular weight is 217 g/mol. The monoisotopic (exact) mass is 217 g/mol. The maximum Gasteiger partial charge on any atom is 2.00 e. The van der Waals surface area contributed by atoms with Gasteiger partial charge in [0.25, 0.3) is 0 Å². The van der Waals surface area contributed by atoms with E-state index in [4.69, 9.17) is 0 Å². The summed E-state index contributed by atoms with van der Waals surface area (Å²) in [5.41, 5.74) is 2.43. The molecule has 0 fully saturated rings. The van der Waals surface area contributed by atoms with Crippen LogP contribution >= 0.6 is 0 Å². The molecule has 1 radical (unpaired) electrons. The zero-order chi connectivity index (χ0) is 8.93. The SMILES string of the molecule is [V+2].[c-]1ccccc1Cc1[c-]cccc1. The molecule has 0 nitrogen and oxygen atoms in total. The first kappa shape index (κ1) is 11.1. The van der Waals surface area contributed by atoms with Crippen molar-refractivity contribution < 1.29 is 18.6 Å². The van der Waals surface area contributed by atoms with Gasteiger partial charge in [-0.3, -0.25) is 0 Å². The predicted molar refractivity (Wildman–Crippen MR) is 53.4 cm³/mol. The molecule has 1 heteroatoms. The molecule has 67 valence electrons. The van der Waals surface area contributed by atoms with Crippen molar-refractivity contribution >= 4 is 0 Å². The summed E-state index contributed by atoms with van der Waals surface area (Å²) in [5, 5.41) is 0. The van der Waals surface area contributed by atoms with E-state index in [1.807, 2.05) is 36.4 Å². The number of rotatable bonds is 2. The number of hydrogen-bond acceptors (Lipinski definition) is 0. The predicted octanol–water partition coefficient (Wildman–Crippen LogP) is 2.88. The molecule has 0 aliphatic rings.